The summed E-state index contributed by atoms with van der Waals surface area (Å²) in [5, 5.41) is 20.3. The molecule has 2 unspecified atom stereocenters. The molecule has 3 aromatic rings. The first-order chi connectivity index (χ1) is 15.5. The van der Waals surface area contributed by atoms with E-state index in [4.69, 9.17) is 0 Å². The predicted molar refractivity (Wildman–Crippen MR) is 123 cm³/mol. The van der Waals surface area contributed by atoms with Crippen LogP contribution < -0.4 is 0 Å². The number of carboxylic acid groups (broad SMARTS) is 1. The van der Waals surface area contributed by atoms with Gasteiger partial charge in [0.2, 0.25) is 0 Å². The molecule has 2 atom stereocenters. The van der Waals surface area contributed by atoms with Crippen LogP contribution in [0.25, 0.3) is 11.1 Å². The van der Waals surface area contributed by atoms with E-state index in [2.05, 4.69) is 12.1 Å². The monoisotopic (exact) mass is 429 g/mol. The molecule has 0 aromatic heterocycles. The average molecular weight is 430 g/mol. The Bertz CT molecular complexity index is 1080. The number of carbonyl (C=O) groups is 2. The summed E-state index contributed by atoms with van der Waals surface area (Å²) in [6.07, 6.45) is 0.203. The molecule has 1 aliphatic rings. The quantitative estimate of drug-likeness (QED) is 0.529. The molecule has 0 aliphatic carbocycles. The molecule has 164 valence electrons. The van der Waals surface area contributed by atoms with Gasteiger partial charge in [-0.05, 0) is 47.6 Å². The van der Waals surface area contributed by atoms with Crippen molar-refractivity contribution in [2.45, 2.75) is 31.9 Å². The number of aliphatic hydroxyl groups is 1. The van der Waals surface area contributed by atoms with E-state index in [1.54, 1.807) is 11.0 Å². The normalized spacial score (nSPS) is 14.8. The first-order valence-electron chi connectivity index (χ1n) is 11.0. The van der Waals surface area contributed by atoms with E-state index in [1.165, 1.54) is 0 Å². The van der Waals surface area contributed by atoms with Gasteiger partial charge >= 0.3 is 5.97 Å². The number of rotatable bonds is 9. The number of nitrogens with zero attached hydrogens (tertiary/aromatic N) is 1. The van der Waals surface area contributed by atoms with Gasteiger partial charge in [-0.1, -0.05) is 72.8 Å². The molecule has 0 spiro atoms. The smallest absolute Gasteiger partial charge is 0.309 e. The SMILES string of the molecule is O=C(O)C(CCN1Cc2ccccc2C1=O)C(O)CCc1ccc(-c2ccccc2)cc1. The Kier molecular flexibility index (Phi) is 6.66. The van der Waals surface area contributed by atoms with Crippen LogP contribution in [-0.4, -0.2) is 39.6 Å². The number of carboxylic acids is 1. The Morgan fingerprint density at radius 1 is 0.875 bits per heavy atom. The number of amides is 1. The van der Waals surface area contributed by atoms with Crippen molar-refractivity contribution in [2.24, 2.45) is 5.92 Å². The lowest BCUT2D eigenvalue weighted by Gasteiger charge is -2.22. The molecular formula is C27H27NO4. The minimum atomic E-state index is -1.03. The van der Waals surface area contributed by atoms with Crippen molar-refractivity contribution in [3.63, 3.8) is 0 Å². The molecule has 1 heterocycles. The zero-order valence-corrected chi connectivity index (χ0v) is 17.9. The minimum Gasteiger partial charge on any atom is -0.481 e. The third kappa shape index (κ3) is 4.89. The number of hydrogen-bond acceptors (Lipinski definition) is 3. The number of carbonyl (C=O) groups excluding carboxylic acids is 1. The summed E-state index contributed by atoms with van der Waals surface area (Å²) in [7, 11) is 0. The van der Waals surface area contributed by atoms with E-state index < -0.39 is 18.0 Å². The zero-order chi connectivity index (χ0) is 22.5. The predicted octanol–water partition coefficient (Wildman–Crippen LogP) is 4.39. The number of aliphatic hydroxyl groups excluding tert-OH is 1. The van der Waals surface area contributed by atoms with Gasteiger partial charge in [-0.15, -0.1) is 0 Å². The molecule has 2 N–H and O–H groups in total. The Hall–Kier alpha value is -3.44. The van der Waals surface area contributed by atoms with Gasteiger partial charge in [0.1, 0.15) is 0 Å². The highest BCUT2D eigenvalue weighted by atomic mass is 16.4. The molecule has 32 heavy (non-hydrogen) atoms. The van der Waals surface area contributed by atoms with Gasteiger partial charge in [0, 0.05) is 18.7 Å². The second-order valence-electron chi connectivity index (χ2n) is 8.29. The summed E-state index contributed by atoms with van der Waals surface area (Å²) < 4.78 is 0. The van der Waals surface area contributed by atoms with Crippen LogP contribution in [0, 0.1) is 5.92 Å². The number of hydrogen-bond donors (Lipinski definition) is 2. The Labute approximate surface area is 187 Å². The lowest BCUT2D eigenvalue weighted by Crippen LogP contribution is -2.34. The minimum absolute atomic E-state index is 0.0715. The number of fused-ring (bicyclic) bond motifs is 1. The standard InChI is InChI=1S/C27H27NO4/c29-25(15-12-19-10-13-21(14-11-19)20-6-2-1-3-7-20)24(27(31)32)16-17-28-18-22-8-4-5-9-23(22)26(28)30/h1-11,13-14,24-25,29H,12,15-18H2,(H,31,32). The summed E-state index contributed by atoms with van der Waals surface area (Å²) in [4.78, 5) is 26.0. The van der Waals surface area contributed by atoms with Gasteiger partial charge in [0.05, 0.1) is 12.0 Å². The van der Waals surface area contributed by atoms with Gasteiger partial charge in [-0.2, -0.15) is 0 Å². The van der Waals surface area contributed by atoms with E-state index in [0.29, 0.717) is 31.5 Å². The van der Waals surface area contributed by atoms with Crippen molar-refractivity contribution >= 4 is 11.9 Å². The fourth-order valence-corrected chi connectivity index (χ4v) is 4.28. The Morgan fingerprint density at radius 3 is 2.22 bits per heavy atom. The van der Waals surface area contributed by atoms with Crippen molar-refractivity contribution in [3.8, 4) is 11.1 Å². The fourth-order valence-electron chi connectivity index (χ4n) is 4.28. The average Bonchev–Trinajstić information content (AvgIpc) is 3.14. The molecule has 0 saturated carbocycles. The molecule has 3 aromatic carbocycles. The topological polar surface area (TPSA) is 77.8 Å². The fraction of sp³-hybridized carbons (Fsp3) is 0.259. The van der Waals surface area contributed by atoms with Crippen LogP contribution in [0.2, 0.25) is 0 Å². The van der Waals surface area contributed by atoms with Crippen LogP contribution in [0.15, 0.2) is 78.9 Å². The van der Waals surface area contributed by atoms with E-state index in [-0.39, 0.29) is 12.3 Å². The molecule has 0 fully saturated rings. The lowest BCUT2D eigenvalue weighted by molar-refractivity contribution is -0.146. The van der Waals surface area contributed by atoms with E-state index in [1.807, 2.05) is 60.7 Å². The first-order valence-corrected chi connectivity index (χ1v) is 11.0. The van der Waals surface area contributed by atoms with E-state index in [0.717, 1.165) is 22.3 Å². The molecule has 1 amide bonds. The van der Waals surface area contributed by atoms with Crippen LogP contribution in [0.5, 0.6) is 0 Å². The maximum atomic E-state index is 12.5. The zero-order valence-electron chi connectivity index (χ0n) is 17.9. The molecule has 5 nitrogen and oxygen atoms in total. The first kappa shape index (κ1) is 21.8. The van der Waals surface area contributed by atoms with Gasteiger partial charge in [-0.25, -0.2) is 0 Å². The third-order valence-electron chi connectivity index (χ3n) is 6.18. The van der Waals surface area contributed by atoms with Crippen molar-refractivity contribution in [2.75, 3.05) is 6.54 Å². The van der Waals surface area contributed by atoms with Gasteiger partial charge in [-0.3, -0.25) is 9.59 Å². The summed E-state index contributed by atoms with van der Waals surface area (Å²) in [6, 6.07) is 25.7. The van der Waals surface area contributed by atoms with Crippen LogP contribution in [-0.2, 0) is 17.8 Å². The number of aryl methyl sites for hydroxylation is 1. The largest absolute Gasteiger partial charge is 0.481 e. The van der Waals surface area contributed by atoms with Crippen LogP contribution in [0.4, 0.5) is 0 Å². The van der Waals surface area contributed by atoms with Gasteiger partial charge < -0.3 is 15.1 Å². The summed E-state index contributed by atoms with van der Waals surface area (Å²) >= 11 is 0. The Morgan fingerprint density at radius 2 is 1.53 bits per heavy atom. The molecular weight excluding hydrogens is 402 g/mol. The molecule has 0 bridgehead atoms. The highest BCUT2D eigenvalue weighted by molar-refractivity contribution is 5.98. The molecule has 4 rings (SSSR count). The van der Waals surface area contributed by atoms with Gasteiger partial charge in [0.25, 0.3) is 5.91 Å². The van der Waals surface area contributed by atoms with Crippen molar-refractivity contribution in [1.29, 1.82) is 0 Å². The van der Waals surface area contributed by atoms with E-state index in [9.17, 15) is 19.8 Å². The van der Waals surface area contributed by atoms with Crippen LogP contribution >= 0.6 is 0 Å². The second kappa shape index (κ2) is 9.79. The van der Waals surface area contributed by atoms with Crippen molar-refractivity contribution in [1.82, 2.24) is 4.90 Å². The summed E-state index contributed by atoms with van der Waals surface area (Å²) in [6.45, 7) is 0.804. The summed E-state index contributed by atoms with van der Waals surface area (Å²) in [5.74, 6) is -2.01. The van der Waals surface area contributed by atoms with Crippen LogP contribution in [0.1, 0.15) is 34.3 Å². The maximum absolute atomic E-state index is 12.5. The van der Waals surface area contributed by atoms with Crippen LogP contribution in [0.3, 0.4) is 0 Å². The molecule has 0 radical (unpaired) electrons. The number of aliphatic carboxylic acids is 1. The highest BCUT2D eigenvalue weighted by Crippen LogP contribution is 2.25. The lowest BCUT2D eigenvalue weighted by atomic mass is 9.93. The van der Waals surface area contributed by atoms with Crippen molar-refractivity contribution < 1.29 is 19.8 Å². The second-order valence-corrected chi connectivity index (χ2v) is 8.29. The van der Waals surface area contributed by atoms with E-state index >= 15 is 0 Å². The highest BCUT2D eigenvalue weighted by Gasteiger charge is 2.31. The summed E-state index contributed by atoms with van der Waals surface area (Å²) in [5.41, 5.74) is 4.96. The number of benzene rings is 3. The third-order valence-corrected chi connectivity index (χ3v) is 6.18. The maximum Gasteiger partial charge on any atom is 0.309 e. The molecule has 0 saturated heterocycles. The molecule has 1 aliphatic heterocycles. The molecule has 5 heteroatoms. The Balaban J connectivity index is 1.31. The van der Waals surface area contributed by atoms with Crippen molar-refractivity contribution in [3.05, 3.63) is 95.6 Å². The van der Waals surface area contributed by atoms with Gasteiger partial charge in [0.15, 0.2) is 0 Å².